The van der Waals surface area contributed by atoms with Crippen LogP contribution >= 0.6 is 0 Å². The summed E-state index contributed by atoms with van der Waals surface area (Å²) in [4.78, 5) is 0. The number of hydrogen-bond acceptors (Lipinski definition) is 4. The Hall–Kier alpha value is -4.64. The lowest BCUT2D eigenvalue weighted by Crippen LogP contribution is -2.06. The first-order valence-corrected chi connectivity index (χ1v) is 14.1. The number of aryl methyl sites for hydroxylation is 2. The van der Waals surface area contributed by atoms with Crippen LogP contribution in [0.25, 0.3) is 54.9 Å². The van der Waals surface area contributed by atoms with Crippen LogP contribution in [0.1, 0.15) is 11.1 Å². The minimum absolute atomic E-state index is 0.105. The molecule has 0 aliphatic carbocycles. The van der Waals surface area contributed by atoms with Gasteiger partial charge in [-0.2, -0.15) is 0 Å². The van der Waals surface area contributed by atoms with Crippen molar-refractivity contribution in [3.63, 3.8) is 0 Å². The summed E-state index contributed by atoms with van der Waals surface area (Å²) >= 11 is 0. The zero-order valence-corrected chi connectivity index (χ0v) is 24.4. The van der Waals surface area contributed by atoms with Crippen molar-refractivity contribution >= 4 is 21.5 Å². The van der Waals surface area contributed by atoms with Crippen molar-refractivity contribution in [2.24, 2.45) is 0 Å². The first kappa shape index (κ1) is 27.5. The van der Waals surface area contributed by atoms with E-state index >= 15 is 0 Å². The highest BCUT2D eigenvalue weighted by Crippen LogP contribution is 2.52. The van der Waals surface area contributed by atoms with Crippen LogP contribution in [0.15, 0.2) is 109 Å². The first-order valence-electron chi connectivity index (χ1n) is 14.1. The Kier molecular flexibility index (Phi) is 7.91. The van der Waals surface area contributed by atoms with Crippen molar-refractivity contribution in [3.8, 4) is 44.9 Å². The van der Waals surface area contributed by atoms with E-state index in [1.54, 1.807) is 14.2 Å². The van der Waals surface area contributed by atoms with Crippen LogP contribution in [-0.4, -0.2) is 27.8 Å². The molecule has 0 aliphatic rings. The van der Waals surface area contributed by atoms with Crippen molar-refractivity contribution < 1.29 is 18.9 Å². The second kappa shape index (κ2) is 12.1. The highest BCUT2D eigenvalue weighted by atomic mass is 16.7. The zero-order chi connectivity index (χ0) is 29.1. The highest BCUT2D eigenvalue weighted by molar-refractivity contribution is 6.14. The fourth-order valence-corrected chi connectivity index (χ4v) is 5.58. The summed E-state index contributed by atoms with van der Waals surface area (Å²) in [6, 6.07) is 38.4. The molecule has 0 atom stereocenters. The van der Waals surface area contributed by atoms with E-state index in [0.29, 0.717) is 0 Å². The minimum Gasteiger partial charge on any atom is -0.466 e. The van der Waals surface area contributed by atoms with Gasteiger partial charge in [0, 0.05) is 36.5 Å². The molecular formula is C38H34O4. The van der Waals surface area contributed by atoms with Crippen LogP contribution in [0.4, 0.5) is 0 Å². The lowest BCUT2D eigenvalue weighted by Gasteiger charge is -2.24. The summed E-state index contributed by atoms with van der Waals surface area (Å²) in [7, 11) is 3.29. The van der Waals surface area contributed by atoms with Gasteiger partial charge in [0.05, 0.1) is 0 Å². The third-order valence-electron chi connectivity index (χ3n) is 7.62. The van der Waals surface area contributed by atoms with Gasteiger partial charge in [-0.1, -0.05) is 108 Å². The quantitative estimate of drug-likeness (QED) is 0.167. The lowest BCUT2D eigenvalue weighted by atomic mass is 9.86. The summed E-state index contributed by atoms with van der Waals surface area (Å²) in [6.07, 6.45) is 0. The average Bonchev–Trinajstić information content (AvgIpc) is 3.02. The number of hydrogen-bond donors (Lipinski definition) is 0. The van der Waals surface area contributed by atoms with Crippen LogP contribution < -0.4 is 9.47 Å². The number of fused-ring (bicyclic) bond motifs is 2. The Labute approximate surface area is 247 Å². The van der Waals surface area contributed by atoms with Crippen molar-refractivity contribution in [1.82, 2.24) is 0 Å². The van der Waals surface area contributed by atoms with Crippen molar-refractivity contribution in [2.45, 2.75) is 13.8 Å². The van der Waals surface area contributed by atoms with Gasteiger partial charge in [0.15, 0.2) is 13.6 Å². The molecule has 0 N–H and O–H groups in total. The van der Waals surface area contributed by atoms with E-state index in [4.69, 9.17) is 18.9 Å². The predicted molar refractivity (Wildman–Crippen MR) is 172 cm³/mol. The summed E-state index contributed by atoms with van der Waals surface area (Å²) in [6.45, 7) is 4.40. The highest BCUT2D eigenvalue weighted by Gasteiger charge is 2.25. The maximum Gasteiger partial charge on any atom is 0.188 e. The van der Waals surface area contributed by atoms with Crippen LogP contribution in [-0.2, 0) is 9.47 Å². The number of rotatable bonds is 9. The van der Waals surface area contributed by atoms with Gasteiger partial charge in [0.25, 0.3) is 0 Å². The van der Waals surface area contributed by atoms with Crippen LogP contribution in [0.5, 0.6) is 11.5 Å². The van der Waals surface area contributed by atoms with Gasteiger partial charge in [-0.3, -0.25) is 0 Å². The van der Waals surface area contributed by atoms with Gasteiger partial charge in [0.1, 0.15) is 11.5 Å². The fraction of sp³-hybridized carbons (Fsp3) is 0.158. The minimum atomic E-state index is 0.105. The zero-order valence-electron chi connectivity index (χ0n) is 24.4. The third-order valence-corrected chi connectivity index (χ3v) is 7.62. The van der Waals surface area contributed by atoms with Gasteiger partial charge in [-0.25, -0.2) is 0 Å². The van der Waals surface area contributed by atoms with Gasteiger partial charge >= 0.3 is 0 Å². The molecule has 0 saturated heterocycles. The van der Waals surface area contributed by atoms with Crippen molar-refractivity contribution in [2.75, 3.05) is 27.8 Å². The average molecular weight is 555 g/mol. The molecule has 0 aromatic heterocycles. The Morgan fingerprint density at radius 1 is 0.476 bits per heavy atom. The molecule has 6 aromatic carbocycles. The normalized spacial score (nSPS) is 11.2. The molecule has 6 rings (SSSR count). The van der Waals surface area contributed by atoms with E-state index in [9.17, 15) is 0 Å². The maximum absolute atomic E-state index is 6.53. The fourth-order valence-electron chi connectivity index (χ4n) is 5.58. The van der Waals surface area contributed by atoms with E-state index in [1.807, 2.05) is 0 Å². The van der Waals surface area contributed by atoms with Crippen LogP contribution in [0.2, 0.25) is 0 Å². The molecular weight excluding hydrogens is 520 g/mol. The van der Waals surface area contributed by atoms with E-state index in [1.165, 1.54) is 11.1 Å². The van der Waals surface area contributed by atoms with Gasteiger partial charge in [-0.05, 0) is 58.7 Å². The molecule has 0 fully saturated rings. The predicted octanol–water partition coefficient (Wildman–Crippen LogP) is 9.58. The molecule has 0 amide bonds. The summed E-state index contributed by atoms with van der Waals surface area (Å²) < 4.78 is 24.0. The van der Waals surface area contributed by atoms with E-state index in [-0.39, 0.29) is 13.6 Å². The number of benzene rings is 6. The second-order valence-electron chi connectivity index (χ2n) is 10.5. The first-order chi connectivity index (χ1) is 20.6. The van der Waals surface area contributed by atoms with Crippen LogP contribution in [0.3, 0.4) is 0 Å². The molecule has 6 aromatic rings. The Bertz CT molecular complexity index is 1720. The van der Waals surface area contributed by atoms with E-state index in [2.05, 4.69) is 123 Å². The molecule has 4 nitrogen and oxygen atoms in total. The van der Waals surface area contributed by atoms with Gasteiger partial charge in [0.2, 0.25) is 0 Å². The van der Waals surface area contributed by atoms with E-state index < -0.39 is 0 Å². The van der Waals surface area contributed by atoms with Gasteiger partial charge in [-0.15, -0.1) is 0 Å². The monoisotopic (exact) mass is 554 g/mol. The van der Waals surface area contributed by atoms with Crippen molar-refractivity contribution in [1.29, 1.82) is 0 Å². The summed E-state index contributed by atoms with van der Waals surface area (Å²) in [5, 5.41) is 4.34. The standard InChI is InChI=1S/C38H34O4/c1-25-13-17-27(18-14-25)33-21-29-9-5-7-11-31(29)35(37(33)41-23-39-3)36-32-12-8-6-10-30(32)22-34(38(36)42-24-40-4)28-19-15-26(2)16-20-28/h5-22H,23-24H2,1-4H3. The SMILES string of the molecule is COCOc1c(-c2ccc(C)cc2)cc2ccccc2c1-c1c(OCOC)c(-c2ccc(C)cc2)cc2ccccc12. The molecule has 0 aliphatic heterocycles. The topological polar surface area (TPSA) is 36.9 Å². The lowest BCUT2D eigenvalue weighted by molar-refractivity contribution is 0.0506. The number of methoxy groups -OCH3 is 2. The largest absolute Gasteiger partial charge is 0.466 e. The van der Waals surface area contributed by atoms with E-state index in [0.717, 1.165) is 66.4 Å². The molecule has 210 valence electrons. The molecule has 4 heteroatoms. The Morgan fingerprint density at radius 2 is 0.857 bits per heavy atom. The second-order valence-corrected chi connectivity index (χ2v) is 10.5. The molecule has 42 heavy (non-hydrogen) atoms. The Balaban J connectivity index is 1.79. The number of ether oxygens (including phenoxy) is 4. The van der Waals surface area contributed by atoms with Gasteiger partial charge < -0.3 is 18.9 Å². The third kappa shape index (κ3) is 5.23. The molecule has 0 spiro atoms. The molecule has 0 bridgehead atoms. The smallest absolute Gasteiger partial charge is 0.188 e. The molecule has 0 unspecified atom stereocenters. The summed E-state index contributed by atoms with van der Waals surface area (Å²) in [5.74, 6) is 1.49. The molecule has 0 heterocycles. The molecule has 0 radical (unpaired) electrons. The van der Waals surface area contributed by atoms with Crippen molar-refractivity contribution in [3.05, 3.63) is 120 Å². The Morgan fingerprint density at radius 3 is 1.24 bits per heavy atom. The summed E-state index contributed by atoms with van der Waals surface area (Å²) in [5.41, 5.74) is 8.42. The maximum atomic E-state index is 6.53. The van der Waals surface area contributed by atoms with Crippen LogP contribution in [0, 0.1) is 13.8 Å². The molecule has 0 saturated carbocycles.